The summed E-state index contributed by atoms with van der Waals surface area (Å²) in [5, 5.41) is 10.1. The molecular formula is C15H18ClN. The van der Waals surface area contributed by atoms with E-state index in [1.165, 1.54) is 11.1 Å². The summed E-state index contributed by atoms with van der Waals surface area (Å²) in [5.41, 5.74) is 3.40. The number of nitrogens with zero attached hydrogens (tertiary/aromatic N) is 1. The van der Waals surface area contributed by atoms with E-state index in [0.717, 1.165) is 29.8 Å². The highest BCUT2D eigenvalue weighted by molar-refractivity contribution is 6.31. The first-order valence-electron chi connectivity index (χ1n) is 6.28. The third-order valence-corrected chi connectivity index (χ3v) is 4.79. The predicted octanol–water partition coefficient (Wildman–Crippen LogP) is 4.46. The maximum Gasteiger partial charge on any atom is 0.0994 e. The van der Waals surface area contributed by atoms with E-state index in [2.05, 4.69) is 26.8 Å². The summed E-state index contributed by atoms with van der Waals surface area (Å²) in [6, 6.07) is 6.08. The minimum atomic E-state index is 0.144. The molecule has 2 heteroatoms. The van der Waals surface area contributed by atoms with Gasteiger partial charge in [0, 0.05) is 5.02 Å². The molecule has 1 atom stereocenters. The number of hydrogen-bond donors (Lipinski definition) is 0. The van der Waals surface area contributed by atoms with E-state index in [1.54, 1.807) is 0 Å². The van der Waals surface area contributed by atoms with Gasteiger partial charge in [-0.15, -0.1) is 0 Å². The van der Waals surface area contributed by atoms with Crippen molar-refractivity contribution in [3.8, 4) is 6.07 Å². The maximum atomic E-state index is 9.31. The van der Waals surface area contributed by atoms with Crippen LogP contribution in [0.3, 0.4) is 0 Å². The van der Waals surface area contributed by atoms with E-state index >= 15 is 0 Å². The van der Waals surface area contributed by atoms with E-state index < -0.39 is 0 Å². The monoisotopic (exact) mass is 247 g/mol. The van der Waals surface area contributed by atoms with E-state index in [0.29, 0.717) is 5.92 Å². The molecule has 0 saturated heterocycles. The standard InChI is InChI=1S/C15H18ClN/c1-4-15(10(2)3)8-7-12-13(16)6-5-11(9-17)14(12)15/h5-6,10H,4,7-8H2,1-3H3. The van der Waals surface area contributed by atoms with Crippen LogP contribution in [-0.4, -0.2) is 0 Å². The third kappa shape index (κ3) is 1.67. The second-order valence-corrected chi connectivity index (χ2v) is 5.63. The molecule has 90 valence electrons. The third-order valence-electron chi connectivity index (χ3n) is 4.43. The fourth-order valence-corrected chi connectivity index (χ4v) is 3.59. The van der Waals surface area contributed by atoms with Crippen molar-refractivity contribution >= 4 is 11.6 Å². The quantitative estimate of drug-likeness (QED) is 0.757. The van der Waals surface area contributed by atoms with Crippen LogP contribution in [0.5, 0.6) is 0 Å². The lowest BCUT2D eigenvalue weighted by Gasteiger charge is -2.34. The van der Waals surface area contributed by atoms with Crippen LogP contribution in [0.25, 0.3) is 0 Å². The number of nitriles is 1. The predicted molar refractivity (Wildman–Crippen MR) is 71.3 cm³/mol. The van der Waals surface area contributed by atoms with Crippen LogP contribution in [-0.2, 0) is 11.8 Å². The summed E-state index contributed by atoms with van der Waals surface area (Å²) < 4.78 is 0. The van der Waals surface area contributed by atoms with Crippen LogP contribution < -0.4 is 0 Å². The Labute approximate surface area is 108 Å². The van der Waals surface area contributed by atoms with Crippen LogP contribution >= 0.6 is 11.6 Å². The van der Waals surface area contributed by atoms with E-state index in [4.69, 9.17) is 11.6 Å². The molecule has 1 unspecified atom stereocenters. The molecule has 0 fully saturated rings. The first-order valence-corrected chi connectivity index (χ1v) is 6.66. The number of hydrogen-bond acceptors (Lipinski definition) is 1. The average Bonchev–Trinajstić information content (AvgIpc) is 2.71. The van der Waals surface area contributed by atoms with Gasteiger partial charge in [0.2, 0.25) is 0 Å². The molecule has 0 heterocycles. The van der Waals surface area contributed by atoms with Gasteiger partial charge in [0.15, 0.2) is 0 Å². The first-order chi connectivity index (χ1) is 8.06. The van der Waals surface area contributed by atoms with Gasteiger partial charge in [-0.25, -0.2) is 0 Å². The fraction of sp³-hybridized carbons (Fsp3) is 0.533. The summed E-state index contributed by atoms with van der Waals surface area (Å²) >= 11 is 6.28. The topological polar surface area (TPSA) is 23.8 Å². The van der Waals surface area contributed by atoms with Crippen molar-refractivity contribution in [2.75, 3.05) is 0 Å². The van der Waals surface area contributed by atoms with Crippen molar-refractivity contribution in [1.82, 2.24) is 0 Å². The van der Waals surface area contributed by atoms with Gasteiger partial charge >= 0.3 is 0 Å². The van der Waals surface area contributed by atoms with Gasteiger partial charge in [-0.2, -0.15) is 5.26 Å². The molecule has 1 nitrogen and oxygen atoms in total. The number of halogens is 1. The number of rotatable bonds is 2. The minimum Gasteiger partial charge on any atom is -0.192 e. The first kappa shape index (κ1) is 12.5. The normalized spacial score (nSPS) is 22.6. The van der Waals surface area contributed by atoms with E-state index in [-0.39, 0.29) is 5.41 Å². The van der Waals surface area contributed by atoms with Gasteiger partial charge in [0.25, 0.3) is 0 Å². The van der Waals surface area contributed by atoms with Crippen molar-refractivity contribution in [2.45, 2.75) is 45.4 Å². The lowest BCUT2D eigenvalue weighted by Crippen LogP contribution is -2.29. The summed E-state index contributed by atoms with van der Waals surface area (Å²) in [6.07, 6.45) is 3.21. The molecule has 0 spiro atoms. The Morgan fingerprint density at radius 2 is 2.18 bits per heavy atom. The Hall–Kier alpha value is -1.00. The summed E-state index contributed by atoms with van der Waals surface area (Å²) in [5.74, 6) is 0.541. The molecule has 17 heavy (non-hydrogen) atoms. The van der Waals surface area contributed by atoms with Gasteiger partial charge in [0.1, 0.15) is 0 Å². The minimum absolute atomic E-state index is 0.144. The van der Waals surface area contributed by atoms with Crippen molar-refractivity contribution in [1.29, 1.82) is 5.26 Å². The van der Waals surface area contributed by atoms with Crippen LogP contribution in [0, 0.1) is 17.2 Å². The molecule has 0 aromatic heterocycles. The highest BCUT2D eigenvalue weighted by Gasteiger charge is 2.42. The molecule has 1 aliphatic rings. The molecule has 1 aliphatic carbocycles. The highest BCUT2D eigenvalue weighted by Crippen LogP contribution is 2.49. The zero-order valence-corrected chi connectivity index (χ0v) is 11.4. The summed E-state index contributed by atoms with van der Waals surface area (Å²) in [7, 11) is 0. The van der Waals surface area contributed by atoms with Crippen LogP contribution in [0.2, 0.25) is 5.02 Å². The molecule has 1 aromatic carbocycles. The van der Waals surface area contributed by atoms with Crippen molar-refractivity contribution in [3.63, 3.8) is 0 Å². The Bertz CT molecular complexity index is 484. The molecule has 0 N–H and O–H groups in total. The van der Waals surface area contributed by atoms with Gasteiger partial charge < -0.3 is 0 Å². The highest BCUT2D eigenvalue weighted by atomic mass is 35.5. The van der Waals surface area contributed by atoms with Crippen molar-refractivity contribution in [2.24, 2.45) is 5.92 Å². The summed E-state index contributed by atoms with van der Waals surface area (Å²) in [4.78, 5) is 0. The van der Waals surface area contributed by atoms with Gasteiger partial charge in [0.05, 0.1) is 11.6 Å². The van der Waals surface area contributed by atoms with Crippen molar-refractivity contribution in [3.05, 3.63) is 33.8 Å². The van der Waals surface area contributed by atoms with Crippen LogP contribution in [0.4, 0.5) is 0 Å². The Morgan fingerprint density at radius 3 is 2.71 bits per heavy atom. The molecule has 0 radical (unpaired) electrons. The lowest BCUT2D eigenvalue weighted by molar-refractivity contribution is 0.293. The lowest BCUT2D eigenvalue weighted by atomic mass is 9.69. The molecule has 0 amide bonds. The smallest absolute Gasteiger partial charge is 0.0994 e. The number of fused-ring (bicyclic) bond motifs is 1. The number of benzene rings is 1. The Kier molecular flexibility index (Phi) is 3.19. The van der Waals surface area contributed by atoms with E-state index in [9.17, 15) is 5.26 Å². The van der Waals surface area contributed by atoms with E-state index in [1.807, 2.05) is 12.1 Å². The largest absolute Gasteiger partial charge is 0.192 e. The zero-order chi connectivity index (χ0) is 12.6. The Balaban J connectivity index is 2.72. The molecule has 1 aromatic rings. The maximum absolute atomic E-state index is 9.31. The van der Waals surface area contributed by atoms with Crippen LogP contribution in [0.1, 0.15) is 50.3 Å². The zero-order valence-electron chi connectivity index (χ0n) is 10.7. The SMILES string of the molecule is CCC1(C(C)C)CCc2c(Cl)ccc(C#N)c21. The van der Waals surface area contributed by atoms with Gasteiger partial charge in [-0.05, 0) is 53.9 Å². The van der Waals surface area contributed by atoms with Crippen molar-refractivity contribution < 1.29 is 0 Å². The average molecular weight is 248 g/mol. The molecule has 0 saturated carbocycles. The fourth-order valence-electron chi connectivity index (χ4n) is 3.34. The Morgan fingerprint density at radius 1 is 1.47 bits per heavy atom. The molecule has 2 rings (SSSR count). The summed E-state index contributed by atoms with van der Waals surface area (Å²) in [6.45, 7) is 6.72. The van der Waals surface area contributed by atoms with Gasteiger partial charge in [-0.1, -0.05) is 32.4 Å². The molecule has 0 bridgehead atoms. The van der Waals surface area contributed by atoms with Gasteiger partial charge in [-0.3, -0.25) is 0 Å². The molecule has 0 aliphatic heterocycles. The van der Waals surface area contributed by atoms with Crippen LogP contribution in [0.15, 0.2) is 12.1 Å². The second-order valence-electron chi connectivity index (χ2n) is 5.22. The molecular weight excluding hydrogens is 230 g/mol. The second kappa shape index (κ2) is 4.35.